The lowest BCUT2D eigenvalue weighted by Gasteiger charge is -2.10. The SMILES string of the molecule is CCCCCn1cnc2cc(-c3ncc(C)c(N)n3)c(F)c(F)c2c1=O. The molecule has 0 spiro atoms. The minimum absolute atomic E-state index is 0.0541. The molecule has 0 bridgehead atoms. The van der Waals surface area contributed by atoms with Crippen LogP contribution in [0.5, 0.6) is 0 Å². The Balaban J connectivity index is 2.15. The van der Waals surface area contributed by atoms with Gasteiger partial charge in [-0.25, -0.2) is 23.7 Å². The lowest BCUT2D eigenvalue weighted by Crippen LogP contribution is -2.22. The highest BCUT2D eigenvalue weighted by molar-refractivity contribution is 5.83. The first-order chi connectivity index (χ1) is 12.4. The predicted octanol–water partition coefficient (Wildman–Crippen LogP) is 3.21. The van der Waals surface area contributed by atoms with Crippen molar-refractivity contribution in [1.29, 1.82) is 0 Å². The van der Waals surface area contributed by atoms with Gasteiger partial charge in [0, 0.05) is 18.3 Å². The van der Waals surface area contributed by atoms with E-state index in [0.29, 0.717) is 12.1 Å². The Morgan fingerprint density at radius 3 is 2.65 bits per heavy atom. The van der Waals surface area contributed by atoms with Crippen molar-refractivity contribution in [1.82, 2.24) is 19.5 Å². The number of unbranched alkanes of at least 4 members (excludes halogenated alkanes) is 2. The fourth-order valence-corrected chi connectivity index (χ4v) is 2.69. The normalized spacial score (nSPS) is 11.2. The number of fused-ring (bicyclic) bond motifs is 1. The van der Waals surface area contributed by atoms with Gasteiger partial charge in [-0.1, -0.05) is 19.8 Å². The van der Waals surface area contributed by atoms with Crippen molar-refractivity contribution < 1.29 is 8.78 Å². The number of rotatable bonds is 5. The molecule has 26 heavy (non-hydrogen) atoms. The molecular weight excluding hydrogens is 340 g/mol. The summed E-state index contributed by atoms with van der Waals surface area (Å²) in [6.07, 6.45) is 5.47. The summed E-state index contributed by atoms with van der Waals surface area (Å²) in [5.74, 6) is -2.32. The van der Waals surface area contributed by atoms with Crippen LogP contribution in [0.1, 0.15) is 31.7 Å². The summed E-state index contributed by atoms with van der Waals surface area (Å²) in [5, 5.41) is -0.370. The van der Waals surface area contributed by atoms with Crippen molar-refractivity contribution >= 4 is 16.7 Å². The van der Waals surface area contributed by atoms with Crippen LogP contribution in [0.2, 0.25) is 0 Å². The molecule has 0 amide bonds. The lowest BCUT2D eigenvalue weighted by atomic mass is 10.1. The number of aromatic nitrogens is 4. The Morgan fingerprint density at radius 2 is 1.96 bits per heavy atom. The van der Waals surface area contributed by atoms with Crippen LogP contribution >= 0.6 is 0 Å². The van der Waals surface area contributed by atoms with Crippen LogP contribution < -0.4 is 11.3 Å². The van der Waals surface area contributed by atoms with Crippen LogP contribution in [0.15, 0.2) is 23.4 Å². The molecule has 0 saturated heterocycles. The molecule has 0 aliphatic rings. The maximum Gasteiger partial charge on any atom is 0.264 e. The molecule has 1 aromatic carbocycles. The average molecular weight is 359 g/mol. The third-order valence-electron chi connectivity index (χ3n) is 4.25. The number of hydrogen-bond acceptors (Lipinski definition) is 5. The molecule has 0 aliphatic carbocycles. The smallest absolute Gasteiger partial charge is 0.264 e. The number of nitrogen functional groups attached to an aromatic ring is 1. The molecule has 3 aromatic rings. The van der Waals surface area contributed by atoms with Crippen molar-refractivity contribution in [2.24, 2.45) is 0 Å². The summed E-state index contributed by atoms with van der Waals surface area (Å²) >= 11 is 0. The second kappa shape index (κ2) is 7.15. The third-order valence-corrected chi connectivity index (χ3v) is 4.25. The highest BCUT2D eigenvalue weighted by atomic mass is 19.2. The number of aryl methyl sites for hydroxylation is 2. The van der Waals surface area contributed by atoms with E-state index in [2.05, 4.69) is 15.0 Å². The Labute approximate surface area is 148 Å². The van der Waals surface area contributed by atoms with E-state index in [4.69, 9.17) is 5.73 Å². The van der Waals surface area contributed by atoms with Crippen molar-refractivity contribution in [2.45, 2.75) is 39.7 Å². The molecule has 136 valence electrons. The molecule has 0 saturated carbocycles. The van der Waals surface area contributed by atoms with E-state index in [0.717, 1.165) is 19.3 Å². The van der Waals surface area contributed by atoms with Gasteiger partial charge in [0.25, 0.3) is 5.56 Å². The van der Waals surface area contributed by atoms with Gasteiger partial charge < -0.3 is 5.73 Å². The molecule has 8 heteroatoms. The molecule has 0 unspecified atom stereocenters. The molecule has 6 nitrogen and oxygen atoms in total. The summed E-state index contributed by atoms with van der Waals surface area (Å²) in [6, 6.07) is 1.27. The Hall–Kier alpha value is -2.90. The van der Waals surface area contributed by atoms with Crippen LogP contribution in [0.4, 0.5) is 14.6 Å². The van der Waals surface area contributed by atoms with Gasteiger partial charge in [0.05, 0.1) is 17.4 Å². The summed E-state index contributed by atoms with van der Waals surface area (Å²) < 4.78 is 30.5. The second-order valence-corrected chi connectivity index (χ2v) is 6.16. The number of hydrogen-bond donors (Lipinski definition) is 1. The monoisotopic (exact) mass is 359 g/mol. The lowest BCUT2D eigenvalue weighted by molar-refractivity contribution is 0.515. The van der Waals surface area contributed by atoms with Crippen molar-refractivity contribution in [3.63, 3.8) is 0 Å². The van der Waals surface area contributed by atoms with Crippen LogP contribution in [-0.2, 0) is 6.54 Å². The number of halogens is 2. The minimum Gasteiger partial charge on any atom is -0.383 e. The number of nitrogens with two attached hydrogens (primary N) is 1. The third kappa shape index (κ3) is 3.14. The van der Waals surface area contributed by atoms with E-state index in [1.807, 2.05) is 6.92 Å². The van der Waals surface area contributed by atoms with Crippen LogP contribution in [-0.4, -0.2) is 19.5 Å². The quantitative estimate of drug-likeness (QED) is 0.707. The fraction of sp³-hybridized carbons (Fsp3) is 0.333. The maximum atomic E-state index is 14.6. The zero-order valence-electron chi connectivity index (χ0n) is 14.6. The average Bonchev–Trinajstić information content (AvgIpc) is 2.62. The molecule has 2 aromatic heterocycles. The fourth-order valence-electron chi connectivity index (χ4n) is 2.69. The van der Waals surface area contributed by atoms with Gasteiger partial charge in [0.1, 0.15) is 11.2 Å². The summed E-state index contributed by atoms with van der Waals surface area (Å²) in [6.45, 7) is 4.16. The first-order valence-corrected chi connectivity index (χ1v) is 8.40. The Kier molecular flexibility index (Phi) is 4.92. The molecule has 0 radical (unpaired) electrons. The van der Waals surface area contributed by atoms with Gasteiger partial charge in [-0.2, -0.15) is 0 Å². The topological polar surface area (TPSA) is 86.7 Å². The van der Waals surface area contributed by atoms with Gasteiger partial charge in [-0.15, -0.1) is 0 Å². The largest absolute Gasteiger partial charge is 0.383 e. The van der Waals surface area contributed by atoms with Gasteiger partial charge in [-0.3, -0.25) is 9.36 Å². The van der Waals surface area contributed by atoms with E-state index < -0.39 is 17.2 Å². The highest BCUT2D eigenvalue weighted by Gasteiger charge is 2.20. The van der Waals surface area contributed by atoms with Crippen LogP contribution in [0.3, 0.4) is 0 Å². The summed E-state index contributed by atoms with van der Waals surface area (Å²) in [4.78, 5) is 24.6. The first-order valence-electron chi connectivity index (χ1n) is 8.40. The van der Waals surface area contributed by atoms with Crippen molar-refractivity contribution in [2.75, 3.05) is 5.73 Å². The Bertz CT molecular complexity index is 1030. The zero-order valence-corrected chi connectivity index (χ0v) is 14.6. The minimum atomic E-state index is -1.25. The number of anilines is 1. The summed E-state index contributed by atoms with van der Waals surface area (Å²) in [7, 11) is 0. The number of benzene rings is 1. The molecule has 2 heterocycles. The molecular formula is C18H19F2N5O. The van der Waals surface area contributed by atoms with Crippen molar-refractivity contribution in [3.8, 4) is 11.4 Å². The van der Waals surface area contributed by atoms with E-state index in [1.54, 1.807) is 6.92 Å². The zero-order chi connectivity index (χ0) is 18.8. The predicted molar refractivity (Wildman–Crippen MR) is 95.6 cm³/mol. The van der Waals surface area contributed by atoms with Gasteiger partial charge >= 0.3 is 0 Å². The first kappa shape index (κ1) is 17.9. The standard InChI is InChI=1S/C18H19F2N5O/c1-3-4-5-6-25-9-23-12-7-11(14(19)15(20)13(12)18(25)26)17-22-8-10(2)16(21)24-17/h7-9H,3-6H2,1-2H3,(H2,21,22,24). The van der Waals surface area contributed by atoms with Gasteiger partial charge in [-0.05, 0) is 19.4 Å². The van der Waals surface area contributed by atoms with E-state index in [9.17, 15) is 13.6 Å². The summed E-state index contributed by atoms with van der Waals surface area (Å²) in [5.41, 5.74) is 5.62. The highest BCUT2D eigenvalue weighted by Crippen LogP contribution is 2.27. The molecule has 2 N–H and O–H groups in total. The van der Waals surface area contributed by atoms with Crippen LogP contribution in [0.25, 0.3) is 22.3 Å². The second-order valence-electron chi connectivity index (χ2n) is 6.16. The molecule has 0 fully saturated rings. The number of nitrogens with zero attached hydrogens (tertiary/aromatic N) is 4. The molecule has 0 atom stereocenters. The van der Waals surface area contributed by atoms with E-state index in [1.165, 1.54) is 23.2 Å². The maximum absolute atomic E-state index is 14.6. The van der Waals surface area contributed by atoms with Gasteiger partial charge in [0.2, 0.25) is 0 Å². The van der Waals surface area contributed by atoms with Crippen molar-refractivity contribution in [3.05, 3.63) is 46.1 Å². The molecule has 3 rings (SSSR count). The van der Waals surface area contributed by atoms with Gasteiger partial charge in [0.15, 0.2) is 17.5 Å². The molecule has 0 aliphatic heterocycles. The van der Waals surface area contributed by atoms with Crippen LogP contribution in [0, 0.1) is 18.6 Å². The van der Waals surface area contributed by atoms with E-state index in [-0.39, 0.29) is 28.1 Å². The van der Waals surface area contributed by atoms with E-state index >= 15 is 0 Å². The Morgan fingerprint density at radius 1 is 1.19 bits per heavy atom.